The van der Waals surface area contributed by atoms with Gasteiger partial charge in [0.05, 0.1) is 0 Å². The summed E-state index contributed by atoms with van der Waals surface area (Å²) in [6.07, 6.45) is 13.7. The molecule has 30 heavy (non-hydrogen) atoms. The summed E-state index contributed by atoms with van der Waals surface area (Å²) < 4.78 is 0. The van der Waals surface area contributed by atoms with Crippen molar-refractivity contribution in [2.75, 3.05) is 0 Å². The zero-order chi connectivity index (χ0) is 20.8. The van der Waals surface area contributed by atoms with Crippen LogP contribution in [0.3, 0.4) is 0 Å². The summed E-state index contributed by atoms with van der Waals surface area (Å²) >= 11 is 0. The van der Waals surface area contributed by atoms with Gasteiger partial charge in [0.25, 0.3) is 0 Å². The van der Waals surface area contributed by atoms with Gasteiger partial charge in [-0.2, -0.15) is 0 Å². The van der Waals surface area contributed by atoms with Crippen LogP contribution in [0.5, 0.6) is 0 Å². The van der Waals surface area contributed by atoms with Crippen LogP contribution in [0.1, 0.15) is 80.8 Å². The lowest BCUT2D eigenvalue weighted by Crippen LogP contribution is -2.11. The Morgan fingerprint density at radius 2 is 1.73 bits per heavy atom. The average molecular weight is 399 g/mol. The summed E-state index contributed by atoms with van der Waals surface area (Å²) in [6, 6.07) is 17.9. The van der Waals surface area contributed by atoms with Crippen molar-refractivity contribution in [1.29, 1.82) is 0 Å². The van der Waals surface area contributed by atoms with Crippen LogP contribution in [-0.2, 0) is 12.8 Å². The Kier molecular flexibility index (Phi) is 6.94. The van der Waals surface area contributed by atoms with Gasteiger partial charge in [0, 0.05) is 35.8 Å². The van der Waals surface area contributed by atoms with Crippen LogP contribution in [0.15, 0.2) is 60.9 Å². The Morgan fingerprint density at radius 3 is 2.50 bits per heavy atom. The number of nitrogens with zero attached hydrogens (tertiary/aromatic N) is 2. The lowest BCUT2D eigenvalue weighted by Gasteiger charge is -2.26. The lowest BCUT2D eigenvalue weighted by molar-refractivity contribution is 0.348. The van der Waals surface area contributed by atoms with E-state index < -0.39 is 0 Å². The van der Waals surface area contributed by atoms with Gasteiger partial charge in [-0.3, -0.25) is 9.97 Å². The van der Waals surface area contributed by atoms with E-state index >= 15 is 0 Å². The van der Waals surface area contributed by atoms with Crippen molar-refractivity contribution < 1.29 is 0 Å². The summed E-state index contributed by atoms with van der Waals surface area (Å²) in [5.41, 5.74) is 7.56. The monoisotopic (exact) mass is 398 g/mol. The van der Waals surface area contributed by atoms with Crippen LogP contribution in [0.4, 0.5) is 0 Å². The topological polar surface area (TPSA) is 25.8 Å². The van der Waals surface area contributed by atoms with Crippen molar-refractivity contribution in [1.82, 2.24) is 9.97 Å². The predicted molar refractivity (Wildman–Crippen MR) is 126 cm³/mol. The highest BCUT2D eigenvalue weighted by atomic mass is 14.7. The molecular formula is C28H34N2. The summed E-state index contributed by atoms with van der Waals surface area (Å²) in [4.78, 5) is 9.30. The number of aromatic nitrogens is 2. The number of hydrogen-bond acceptors (Lipinski definition) is 2. The smallest absolute Gasteiger partial charge is 0.0453 e. The average Bonchev–Trinajstić information content (AvgIpc) is 2.79. The Hall–Kier alpha value is -2.48. The number of rotatable bonds is 7. The molecule has 4 rings (SSSR count). The third-order valence-corrected chi connectivity index (χ3v) is 6.58. The molecule has 2 aromatic heterocycles. The highest BCUT2D eigenvalue weighted by Gasteiger charge is 2.19. The van der Waals surface area contributed by atoms with Gasteiger partial charge in [0.15, 0.2) is 0 Å². The summed E-state index contributed by atoms with van der Waals surface area (Å²) in [7, 11) is 0. The standard InChI is InChI=1S/C28H34N2/c1-3-4-8-27-14-13-26(20-30-27)25-15-16-29-28(19-25)18-22-6-5-7-24(17-22)23-11-9-21(2)10-12-23/h5-7,13-17,19-21,23H,3-4,8-12,18H2,1-2H3. The predicted octanol–water partition coefficient (Wildman–Crippen LogP) is 7.37. The van der Waals surface area contributed by atoms with Gasteiger partial charge in [-0.05, 0) is 72.4 Å². The van der Waals surface area contributed by atoms with E-state index in [1.165, 1.54) is 66.5 Å². The summed E-state index contributed by atoms with van der Waals surface area (Å²) in [6.45, 7) is 4.61. The highest BCUT2D eigenvalue weighted by molar-refractivity contribution is 5.62. The number of benzene rings is 1. The molecule has 2 heteroatoms. The van der Waals surface area contributed by atoms with E-state index in [2.05, 4.69) is 72.3 Å². The van der Waals surface area contributed by atoms with Gasteiger partial charge in [0.2, 0.25) is 0 Å². The van der Waals surface area contributed by atoms with E-state index in [9.17, 15) is 0 Å². The van der Waals surface area contributed by atoms with E-state index in [1.54, 1.807) is 0 Å². The quantitative estimate of drug-likeness (QED) is 0.415. The normalized spacial score (nSPS) is 19.0. The number of hydrogen-bond donors (Lipinski definition) is 0. The van der Waals surface area contributed by atoms with Crippen LogP contribution >= 0.6 is 0 Å². The summed E-state index contributed by atoms with van der Waals surface area (Å²) in [5, 5.41) is 0. The van der Waals surface area contributed by atoms with E-state index in [4.69, 9.17) is 0 Å². The minimum atomic E-state index is 0.734. The zero-order valence-corrected chi connectivity index (χ0v) is 18.5. The number of unbranched alkanes of at least 4 members (excludes halogenated alkanes) is 1. The molecule has 2 nitrogen and oxygen atoms in total. The second kappa shape index (κ2) is 10.0. The van der Waals surface area contributed by atoms with Gasteiger partial charge in [0.1, 0.15) is 0 Å². The molecule has 156 valence electrons. The van der Waals surface area contributed by atoms with Gasteiger partial charge in [-0.15, -0.1) is 0 Å². The van der Waals surface area contributed by atoms with Crippen molar-refractivity contribution in [2.45, 2.75) is 71.1 Å². The fourth-order valence-electron chi connectivity index (χ4n) is 4.62. The Labute approximate surface area is 181 Å². The molecule has 0 atom stereocenters. The maximum absolute atomic E-state index is 4.65. The molecule has 0 saturated heterocycles. The van der Waals surface area contributed by atoms with Crippen LogP contribution in [0, 0.1) is 5.92 Å². The second-order valence-corrected chi connectivity index (χ2v) is 9.06. The molecule has 0 radical (unpaired) electrons. The van der Waals surface area contributed by atoms with Gasteiger partial charge in [-0.25, -0.2) is 0 Å². The Balaban J connectivity index is 1.46. The van der Waals surface area contributed by atoms with Gasteiger partial charge < -0.3 is 0 Å². The SMILES string of the molecule is CCCCc1ccc(-c2ccnc(Cc3cccc(C4CCC(C)CC4)c3)c2)cn1. The van der Waals surface area contributed by atoms with Crippen molar-refractivity contribution in [3.8, 4) is 11.1 Å². The van der Waals surface area contributed by atoms with E-state index in [-0.39, 0.29) is 0 Å². The summed E-state index contributed by atoms with van der Waals surface area (Å²) in [5.74, 6) is 1.63. The first-order valence-electron chi connectivity index (χ1n) is 11.7. The van der Waals surface area contributed by atoms with Crippen molar-refractivity contribution in [3.63, 3.8) is 0 Å². The lowest BCUT2D eigenvalue weighted by atomic mass is 9.79. The zero-order valence-electron chi connectivity index (χ0n) is 18.5. The Bertz CT molecular complexity index is 937. The molecule has 0 aliphatic heterocycles. The van der Waals surface area contributed by atoms with E-state index in [0.717, 1.165) is 30.4 Å². The second-order valence-electron chi connectivity index (χ2n) is 9.06. The van der Waals surface area contributed by atoms with Crippen LogP contribution in [0.2, 0.25) is 0 Å². The number of aryl methyl sites for hydroxylation is 1. The molecule has 1 saturated carbocycles. The minimum Gasteiger partial charge on any atom is -0.261 e. The van der Waals surface area contributed by atoms with Crippen molar-refractivity contribution in [3.05, 3.63) is 83.4 Å². The van der Waals surface area contributed by atoms with Gasteiger partial charge in [-0.1, -0.05) is 63.4 Å². The Morgan fingerprint density at radius 1 is 0.867 bits per heavy atom. The molecule has 0 N–H and O–H groups in total. The highest BCUT2D eigenvalue weighted by Crippen LogP contribution is 2.35. The molecule has 0 unspecified atom stereocenters. The maximum atomic E-state index is 4.65. The molecule has 1 aliphatic rings. The van der Waals surface area contributed by atoms with Gasteiger partial charge >= 0.3 is 0 Å². The van der Waals surface area contributed by atoms with Crippen LogP contribution in [-0.4, -0.2) is 9.97 Å². The molecule has 0 amide bonds. The fourth-order valence-corrected chi connectivity index (χ4v) is 4.62. The van der Waals surface area contributed by atoms with Crippen LogP contribution < -0.4 is 0 Å². The molecule has 0 bridgehead atoms. The molecule has 2 heterocycles. The molecule has 1 aromatic carbocycles. The first-order valence-corrected chi connectivity index (χ1v) is 11.7. The molecule has 3 aromatic rings. The maximum Gasteiger partial charge on any atom is 0.0453 e. The van der Waals surface area contributed by atoms with E-state index in [1.807, 2.05) is 12.4 Å². The van der Waals surface area contributed by atoms with Crippen molar-refractivity contribution in [2.24, 2.45) is 5.92 Å². The molecule has 1 aliphatic carbocycles. The minimum absolute atomic E-state index is 0.734. The fraction of sp³-hybridized carbons (Fsp3) is 0.429. The number of pyridine rings is 2. The van der Waals surface area contributed by atoms with E-state index in [0.29, 0.717) is 0 Å². The third kappa shape index (κ3) is 5.36. The first-order chi connectivity index (χ1) is 14.7. The molecule has 0 spiro atoms. The molecular weight excluding hydrogens is 364 g/mol. The van der Waals surface area contributed by atoms with Crippen LogP contribution in [0.25, 0.3) is 11.1 Å². The third-order valence-electron chi connectivity index (χ3n) is 6.58. The van der Waals surface area contributed by atoms with Crippen molar-refractivity contribution >= 4 is 0 Å². The molecule has 1 fully saturated rings. The first kappa shape index (κ1) is 20.8. The largest absolute Gasteiger partial charge is 0.261 e.